The molecule has 3 rings (SSSR count). The first-order valence-corrected chi connectivity index (χ1v) is 6.82. The van der Waals surface area contributed by atoms with Crippen LogP contribution in [-0.4, -0.2) is 34.5 Å². The molecule has 2 aliphatic rings. The van der Waals surface area contributed by atoms with Crippen molar-refractivity contribution >= 4 is 29.4 Å². The number of rotatable bonds is 1. The van der Waals surface area contributed by atoms with Crippen LogP contribution in [0.1, 0.15) is 6.42 Å². The maximum atomic E-state index is 12.9. The highest BCUT2D eigenvalue weighted by Crippen LogP contribution is 2.31. The molecule has 0 aromatic heterocycles. The van der Waals surface area contributed by atoms with Gasteiger partial charge in [-0.05, 0) is 36.4 Å². The third-order valence-corrected chi connectivity index (χ3v) is 4.15. The molecule has 0 saturated carbocycles. The summed E-state index contributed by atoms with van der Waals surface area (Å²) in [5.74, 6) is 0.850. The van der Waals surface area contributed by atoms with Crippen molar-refractivity contribution < 1.29 is 14.0 Å². The van der Waals surface area contributed by atoms with Gasteiger partial charge in [-0.2, -0.15) is 0 Å². The maximum absolute atomic E-state index is 12.9. The van der Waals surface area contributed by atoms with E-state index in [9.17, 15) is 14.0 Å². The Morgan fingerprint density at radius 3 is 2.61 bits per heavy atom. The van der Waals surface area contributed by atoms with Crippen molar-refractivity contribution in [3.63, 3.8) is 0 Å². The van der Waals surface area contributed by atoms with Gasteiger partial charge in [0, 0.05) is 0 Å². The topological polar surface area (TPSA) is 40.6 Å². The third-order valence-electron chi connectivity index (χ3n) is 3.17. The maximum Gasteiger partial charge on any atom is 0.332 e. The minimum absolute atomic E-state index is 0.202. The molecule has 2 heterocycles. The van der Waals surface area contributed by atoms with Crippen molar-refractivity contribution in [3.8, 4) is 0 Å². The molecule has 1 aromatic carbocycles. The van der Waals surface area contributed by atoms with Crippen LogP contribution in [0.15, 0.2) is 24.3 Å². The zero-order valence-corrected chi connectivity index (χ0v) is 10.3. The molecule has 0 bridgehead atoms. The van der Waals surface area contributed by atoms with E-state index >= 15 is 0 Å². The summed E-state index contributed by atoms with van der Waals surface area (Å²) in [5, 5.41) is 0. The number of anilines is 1. The van der Waals surface area contributed by atoms with Crippen LogP contribution in [-0.2, 0) is 4.79 Å². The van der Waals surface area contributed by atoms with E-state index in [2.05, 4.69) is 0 Å². The van der Waals surface area contributed by atoms with Gasteiger partial charge in [-0.1, -0.05) is 0 Å². The SMILES string of the molecule is O=C1C2CCSCN2C(=O)N1c1ccc(F)cc1. The van der Waals surface area contributed by atoms with Crippen molar-refractivity contribution in [3.05, 3.63) is 30.1 Å². The number of fused-ring (bicyclic) bond motifs is 1. The fourth-order valence-electron chi connectivity index (χ4n) is 2.25. The second kappa shape index (κ2) is 4.28. The number of nitrogens with zero attached hydrogens (tertiary/aromatic N) is 2. The van der Waals surface area contributed by atoms with Gasteiger partial charge in [0.15, 0.2) is 0 Å². The molecule has 0 radical (unpaired) electrons. The summed E-state index contributed by atoms with van der Waals surface area (Å²) in [6.45, 7) is 0. The van der Waals surface area contributed by atoms with Gasteiger partial charge in [0.05, 0.1) is 11.6 Å². The quantitative estimate of drug-likeness (QED) is 0.730. The molecule has 0 aliphatic carbocycles. The van der Waals surface area contributed by atoms with E-state index in [-0.39, 0.29) is 23.8 Å². The van der Waals surface area contributed by atoms with Gasteiger partial charge in [-0.15, -0.1) is 11.8 Å². The molecule has 1 unspecified atom stereocenters. The minimum atomic E-state index is -0.383. The van der Waals surface area contributed by atoms with Crippen molar-refractivity contribution in [1.29, 1.82) is 0 Å². The number of urea groups is 1. The average molecular weight is 266 g/mol. The summed E-state index contributed by atoms with van der Waals surface area (Å²) >= 11 is 1.64. The van der Waals surface area contributed by atoms with Crippen LogP contribution in [0.2, 0.25) is 0 Å². The number of halogens is 1. The second-order valence-electron chi connectivity index (χ2n) is 4.24. The van der Waals surface area contributed by atoms with Crippen LogP contribution in [0.5, 0.6) is 0 Å². The lowest BCUT2D eigenvalue weighted by atomic mass is 10.2. The van der Waals surface area contributed by atoms with Gasteiger partial charge in [-0.25, -0.2) is 14.1 Å². The average Bonchev–Trinajstić information content (AvgIpc) is 2.64. The summed E-state index contributed by atoms with van der Waals surface area (Å²) in [5.41, 5.74) is 0.436. The molecule has 0 N–H and O–H groups in total. The van der Waals surface area contributed by atoms with E-state index in [1.165, 1.54) is 24.3 Å². The summed E-state index contributed by atoms with van der Waals surface area (Å²) in [4.78, 5) is 27.1. The molecule has 3 amide bonds. The fraction of sp³-hybridized carbons (Fsp3) is 0.333. The Balaban J connectivity index is 1.95. The number of carbonyl (C=O) groups is 2. The van der Waals surface area contributed by atoms with Crippen molar-refractivity contribution in [2.75, 3.05) is 16.5 Å². The Morgan fingerprint density at radius 1 is 1.22 bits per heavy atom. The monoisotopic (exact) mass is 266 g/mol. The lowest BCUT2D eigenvalue weighted by molar-refractivity contribution is -0.119. The van der Waals surface area contributed by atoms with Gasteiger partial charge in [0.25, 0.3) is 5.91 Å². The van der Waals surface area contributed by atoms with Crippen molar-refractivity contribution in [1.82, 2.24) is 4.90 Å². The number of hydrogen-bond donors (Lipinski definition) is 0. The van der Waals surface area contributed by atoms with Crippen LogP contribution in [0.25, 0.3) is 0 Å². The van der Waals surface area contributed by atoms with E-state index < -0.39 is 0 Å². The van der Waals surface area contributed by atoms with E-state index in [4.69, 9.17) is 0 Å². The first kappa shape index (κ1) is 11.5. The van der Waals surface area contributed by atoms with E-state index in [0.29, 0.717) is 18.0 Å². The Kier molecular flexibility index (Phi) is 2.74. The normalized spacial score (nSPS) is 23.5. The molecule has 2 saturated heterocycles. The first-order valence-electron chi connectivity index (χ1n) is 5.66. The van der Waals surface area contributed by atoms with Gasteiger partial charge in [0.1, 0.15) is 11.9 Å². The highest BCUT2D eigenvalue weighted by Gasteiger charge is 2.46. The smallest absolute Gasteiger partial charge is 0.303 e. The first-order chi connectivity index (χ1) is 8.68. The Morgan fingerprint density at radius 2 is 1.94 bits per heavy atom. The fourth-order valence-corrected chi connectivity index (χ4v) is 3.25. The summed E-state index contributed by atoms with van der Waals surface area (Å²) < 4.78 is 12.9. The summed E-state index contributed by atoms with van der Waals surface area (Å²) in [6.07, 6.45) is 0.687. The predicted molar refractivity (Wildman–Crippen MR) is 66.9 cm³/mol. The highest BCUT2D eigenvalue weighted by molar-refractivity contribution is 7.99. The molecule has 6 heteroatoms. The molecule has 0 spiro atoms. The Hall–Kier alpha value is -1.56. The van der Waals surface area contributed by atoms with Gasteiger partial charge in [0.2, 0.25) is 0 Å². The van der Waals surface area contributed by atoms with Gasteiger partial charge < -0.3 is 4.90 Å². The lowest BCUT2D eigenvalue weighted by Gasteiger charge is -2.25. The molecule has 94 valence electrons. The molecule has 4 nitrogen and oxygen atoms in total. The van der Waals surface area contributed by atoms with E-state index in [0.717, 1.165) is 10.7 Å². The molecule has 2 aliphatic heterocycles. The number of benzene rings is 1. The second-order valence-corrected chi connectivity index (χ2v) is 5.32. The van der Waals surface area contributed by atoms with Crippen molar-refractivity contribution in [2.45, 2.75) is 12.5 Å². The van der Waals surface area contributed by atoms with E-state index in [1.807, 2.05) is 0 Å². The van der Waals surface area contributed by atoms with Crippen molar-refractivity contribution in [2.24, 2.45) is 0 Å². The van der Waals surface area contributed by atoms with Crippen LogP contribution < -0.4 is 4.90 Å². The third kappa shape index (κ3) is 1.68. The van der Waals surface area contributed by atoms with Gasteiger partial charge >= 0.3 is 6.03 Å². The standard InChI is InChI=1S/C12H11FN2O2S/c13-8-1-3-9(4-2-8)15-11(16)10-5-6-18-7-14(10)12(15)17/h1-4,10H,5-7H2. The van der Waals surface area contributed by atoms with E-state index in [1.54, 1.807) is 16.7 Å². The molecular weight excluding hydrogens is 255 g/mol. The number of imide groups is 1. The molecule has 1 aromatic rings. The van der Waals surface area contributed by atoms with Crippen LogP contribution in [0.3, 0.4) is 0 Å². The predicted octanol–water partition coefficient (Wildman–Crippen LogP) is 2.06. The molecule has 2 fully saturated rings. The molecular formula is C12H11FN2O2S. The lowest BCUT2D eigenvalue weighted by Crippen LogP contribution is -2.38. The molecule has 1 atom stereocenters. The largest absolute Gasteiger partial charge is 0.332 e. The molecule has 18 heavy (non-hydrogen) atoms. The Labute approximate surface area is 108 Å². The van der Waals surface area contributed by atoms with Crippen LogP contribution in [0, 0.1) is 5.82 Å². The van der Waals surface area contributed by atoms with Crippen LogP contribution in [0.4, 0.5) is 14.9 Å². The summed E-state index contributed by atoms with van der Waals surface area (Å²) in [7, 11) is 0. The Bertz CT molecular complexity index is 481. The highest BCUT2D eigenvalue weighted by atomic mass is 32.2. The zero-order valence-electron chi connectivity index (χ0n) is 9.51. The number of thioether (sulfide) groups is 1. The van der Waals surface area contributed by atoms with Crippen LogP contribution >= 0.6 is 11.8 Å². The number of carbonyl (C=O) groups excluding carboxylic acids is 2. The number of amides is 3. The minimum Gasteiger partial charge on any atom is -0.303 e. The zero-order chi connectivity index (χ0) is 12.7. The number of hydrogen-bond acceptors (Lipinski definition) is 3. The van der Waals surface area contributed by atoms with Gasteiger partial charge in [-0.3, -0.25) is 4.79 Å². The summed E-state index contributed by atoms with van der Waals surface area (Å²) in [6, 6.07) is 4.77.